The Hall–Kier alpha value is 1.08. The van der Waals surface area contributed by atoms with Crippen LogP contribution in [0.25, 0.3) is 0 Å². The van der Waals surface area contributed by atoms with Gasteiger partial charge in [-0.15, -0.1) is 0 Å². The average Bonchev–Trinajstić information content (AvgIpc) is 1.99. The summed E-state index contributed by atoms with van der Waals surface area (Å²) >= 11 is -2.86. The van der Waals surface area contributed by atoms with Crippen molar-refractivity contribution in [1.29, 1.82) is 0 Å². The topological polar surface area (TPSA) is 60.4 Å². The molecule has 0 amide bonds. The Morgan fingerprint density at radius 3 is 1.28 bits per heavy atom. The van der Waals surface area contributed by atoms with E-state index in [9.17, 15) is 39.5 Å². The van der Waals surface area contributed by atoms with Crippen LogP contribution in [0.15, 0.2) is 0 Å². The molecule has 0 aromatic carbocycles. The molecule has 0 aliphatic heterocycles. The summed E-state index contributed by atoms with van der Waals surface area (Å²) in [5.41, 5.74) is 0. The molecule has 0 aliphatic carbocycles. The maximum absolute atomic E-state index is 11.6. The Balaban J connectivity index is -0.000000392. The number of rotatable bonds is 2. The third-order valence-corrected chi connectivity index (χ3v) is 1.05. The number of alkyl halides is 9. The minimum Gasteiger partial charge on any atom is -0.750 e. The first-order chi connectivity index (χ1) is 7.18. The first-order valence-electron chi connectivity index (χ1n) is 3.06. The Kier molecular flexibility index (Phi) is 11.2. The van der Waals surface area contributed by atoms with Crippen molar-refractivity contribution in [1.82, 2.24) is 0 Å². The normalized spacial score (nSPS) is 14.4. The molecule has 1 N–H and O–H groups in total. The molecule has 0 fully saturated rings. The second-order valence-electron chi connectivity index (χ2n) is 2.21. The van der Waals surface area contributed by atoms with Crippen LogP contribution >= 0.6 is 0 Å². The summed E-state index contributed by atoms with van der Waals surface area (Å²) in [7, 11) is 0. The molecule has 0 aromatic heterocycles. The predicted molar refractivity (Wildman–Crippen MR) is 33.5 cm³/mol. The summed E-state index contributed by atoms with van der Waals surface area (Å²) in [4.78, 5) is 0. The van der Waals surface area contributed by atoms with Crippen molar-refractivity contribution in [3.8, 4) is 0 Å². The van der Waals surface area contributed by atoms with Crippen LogP contribution in [0.1, 0.15) is 0 Å². The molecule has 0 aliphatic rings. The van der Waals surface area contributed by atoms with E-state index in [-0.39, 0.29) is 51.4 Å². The molecule has 0 saturated carbocycles. The van der Waals surface area contributed by atoms with Gasteiger partial charge < -0.3 is 9.11 Å². The molecule has 1 atom stereocenters. The van der Waals surface area contributed by atoms with Gasteiger partial charge >= 0.3 is 75.8 Å². The van der Waals surface area contributed by atoms with E-state index in [1.54, 1.807) is 0 Å². The van der Waals surface area contributed by atoms with Gasteiger partial charge in [-0.3, -0.25) is 0 Å². The molecule has 1 unspecified atom stereocenters. The van der Waals surface area contributed by atoms with E-state index < -0.39 is 35.8 Å². The van der Waals surface area contributed by atoms with E-state index in [2.05, 4.69) is 0 Å². The second-order valence-corrected chi connectivity index (χ2v) is 2.65. The summed E-state index contributed by atoms with van der Waals surface area (Å²) in [6.45, 7) is 0. The first kappa shape index (κ1) is 24.1. The van der Waals surface area contributed by atoms with Gasteiger partial charge in [-0.1, -0.05) is 0 Å². The van der Waals surface area contributed by atoms with Crippen LogP contribution in [0.3, 0.4) is 0 Å². The van der Waals surface area contributed by atoms with Crippen molar-refractivity contribution in [2.24, 2.45) is 0 Å². The van der Waals surface area contributed by atoms with Gasteiger partial charge in [0.1, 0.15) is 0 Å². The molecule has 0 aromatic rings. The number of halogens is 9. The summed E-state index contributed by atoms with van der Waals surface area (Å²) in [5, 5.41) is 0. The van der Waals surface area contributed by atoms with Gasteiger partial charge in [0.2, 0.25) is 0 Å². The summed E-state index contributed by atoms with van der Waals surface area (Å²) in [5.74, 6) is -13.1. The zero-order chi connectivity index (χ0) is 14.7. The van der Waals surface area contributed by atoms with E-state index in [0.29, 0.717) is 0 Å². The Labute approximate surface area is 139 Å². The van der Waals surface area contributed by atoms with Gasteiger partial charge in [-0.05, 0) is 0 Å². The van der Waals surface area contributed by atoms with Gasteiger partial charge in [0.05, 0.1) is 11.4 Å². The van der Waals surface area contributed by atoms with Crippen LogP contribution in [-0.4, -0.2) is 37.8 Å². The molecular weight excluding hydrogens is 338 g/mol. The van der Waals surface area contributed by atoms with E-state index >= 15 is 0 Å². The van der Waals surface area contributed by atoms with Crippen LogP contribution in [0, 0.1) is 0 Å². The molecule has 0 radical (unpaired) electrons. The third kappa shape index (κ3) is 7.02. The summed E-state index contributed by atoms with van der Waals surface area (Å²) < 4.78 is 126. The van der Waals surface area contributed by atoms with Crippen LogP contribution in [-0.2, 0) is 11.4 Å². The molecule has 0 spiro atoms. The SMILES string of the molecule is FC(F)C(F)(F)C(F)(F)C(F)(F)F.O=S([O-])O.[K+]. The third-order valence-electron chi connectivity index (χ3n) is 1.05. The maximum atomic E-state index is 11.6. The fraction of sp³-hybridized carbons (Fsp3) is 1.00. The molecule has 106 valence electrons. The Morgan fingerprint density at radius 1 is 1.00 bits per heavy atom. The van der Waals surface area contributed by atoms with E-state index in [1.807, 2.05) is 0 Å². The standard InChI is InChI=1S/C4HF9.K.H2O3S/c5-1(6)2(7,8)3(9,10)4(11,12)13;;1-4(2)3/h1H;;(H2,1,2,3)/q;+1;/p-1. The van der Waals surface area contributed by atoms with Crippen molar-refractivity contribution >= 4 is 11.4 Å². The monoisotopic (exact) mass is 340 g/mol. The molecule has 14 heteroatoms. The van der Waals surface area contributed by atoms with Gasteiger partial charge in [0, 0.05) is 0 Å². The number of hydrogen-bond donors (Lipinski definition) is 1. The molecule has 0 rings (SSSR count). The fourth-order valence-electron chi connectivity index (χ4n) is 0.326. The van der Waals surface area contributed by atoms with Crippen LogP contribution in [0.5, 0.6) is 0 Å². The number of hydrogen-bond acceptors (Lipinski definition) is 2. The maximum Gasteiger partial charge on any atom is 1.00 e. The summed E-state index contributed by atoms with van der Waals surface area (Å²) in [6.07, 6.45) is -11.8. The molecule has 0 saturated heterocycles. The van der Waals surface area contributed by atoms with Crippen molar-refractivity contribution in [3.05, 3.63) is 0 Å². The van der Waals surface area contributed by atoms with Crippen molar-refractivity contribution in [3.63, 3.8) is 0 Å². The zero-order valence-corrected chi connectivity index (χ0v) is 12.1. The molecule has 18 heavy (non-hydrogen) atoms. The Morgan fingerprint density at radius 2 is 1.22 bits per heavy atom. The van der Waals surface area contributed by atoms with Crippen LogP contribution < -0.4 is 51.4 Å². The van der Waals surface area contributed by atoms with E-state index in [0.717, 1.165) is 0 Å². The van der Waals surface area contributed by atoms with Gasteiger partial charge in [-0.25, -0.2) is 13.0 Å². The minimum absolute atomic E-state index is 0. The largest absolute Gasteiger partial charge is 1.00 e. The van der Waals surface area contributed by atoms with Crippen molar-refractivity contribution in [2.75, 3.05) is 0 Å². The zero-order valence-electron chi connectivity index (χ0n) is 8.15. The fourth-order valence-corrected chi connectivity index (χ4v) is 0.326. The van der Waals surface area contributed by atoms with Gasteiger partial charge in [0.15, 0.2) is 0 Å². The van der Waals surface area contributed by atoms with E-state index in [1.165, 1.54) is 0 Å². The summed E-state index contributed by atoms with van der Waals surface area (Å²) in [6, 6.07) is 0. The van der Waals surface area contributed by atoms with E-state index in [4.69, 9.17) is 13.3 Å². The predicted octanol–water partition coefficient (Wildman–Crippen LogP) is -0.573. The molecule has 0 heterocycles. The quantitative estimate of drug-likeness (QED) is 0.416. The molecular formula is C4H2F9KO3S. The minimum atomic E-state index is -6.73. The first-order valence-corrected chi connectivity index (χ1v) is 4.10. The van der Waals surface area contributed by atoms with Crippen molar-refractivity contribution < 1.29 is 104 Å². The second kappa shape index (κ2) is 8.38. The average molecular weight is 340 g/mol. The molecule has 0 bridgehead atoms. The van der Waals surface area contributed by atoms with Crippen molar-refractivity contribution in [2.45, 2.75) is 24.4 Å². The Bertz CT molecular complexity index is 263. The van der Waals surface area contributed by atoms with Gasteiger partial charge in [-0.2, -0.15) is 30.7 Å². The smallest absolute Gasteiger partial charge is 0.750 e. The van der Waals surface area contributed by atoms with Crippen LogP contribution in [0.4, 0.5) is 39.5 Å². The van der Waals surface area contributed by atoms with Crippen LogP contribution in [0.2, 0.25) is 0 Å². The van der Waals surface area contributed by atoms with Gasteiger partial charge in [0.25, 0.3) is 0 Å². The molecule has 3 nitrogen and oxygen atoms in total.